The third-order valence-electron chi connectivity index (χ3n) is 3.10. The summed E-state index contributed by atoms with van der Waals surface area (Å²) in [6.07, 6.45) is 0. The van der Waals surface area contributed by atoms with Crippen LogP contribution in [0.5, 0.6) is 11.5 Å². The van der Waals surface area contributed by atoms with Gasteiger partial charge in [0.25, 0.3) is 0 Å². The first kappa shape index (κ1) is 15.6. The van der Waals surface area contributed by atoms with Crippen molar-refractivity contribution in [1.29, 1.82) is 0 Å². The van der Waals surface area contributed by atoms with E-state index in [1.807, 2.05) is 24.3 Å². The third kappa shape index (κ3) is 3.86. The van der Waals surface area contributed by atoms with Crippen LogP contribution in [0.4, 0.5) is 0 Å². The summed E-state index contributed by atoms with van der Waals surface area (Å²) in [5.41, 5.74) is 2.52. The van der Waals surface area contributed by atoms with Gasteiger partial charge in [-0.3, -0.25) is 0 Å². The molecule has 0 bridgehead atoms. The minimum absolute atomic E-state index is 0.120. The Morgan fingerprint density at radius 2 is 1.80 bits per heavy atom. The molecule has 0 aliphatic heterocycles. The highest BCUT2D eigenvalue weighted by atomic mass is 79.9. The minimum Gasteiger partial charge on any atom is -0.457 e. The lowest BCUT2D eigenvalue weighted by molar-refractivity contribution is 0.474. The molecule has 0 aromatic heterocycles. The van der Waals surface area contributed by atoms with Gasteiger partial charge in [0.05, 0.1) is 0 Å². The zero-order valence-electron chi connectivity index (χ0n) is 11.9. The standard InChI is InChI=1S/C17H18Br2O/c1-17(2,3)13-5-4-6-15(9-13)20-16-10-14(19)8-7-12(16)11-18/h4-10H,11H2,1-3H3. The summed E-state index contributed by atoms with van der Waals surface area (Å²) in [4.78, 5) is 0. The molecule has 0 atom stereocenters. The second-order valence-corrected chi connectivity index (χ2v) is 7.24. The molecular formula is C17H18Br2O. The van der Waals surface area contributed by atoms with Crippen LogP contribution in [0.2, 0.25) is 0 Å². The Labute approximate surface area is 137 Å². The highest BCUT2D eigenvalue weighted by Gasteiger charge is 2.14. The number of halogens is 2. The molecule has 3 heteroatoms. The van der Waals surface area contributed by atoms with Crippen molar-refractivity contribution in [3.8, 4) is 11.5 Å². The molecule has 2 aromatic rings. The molecular weight excluding hydrogens is 380 g/mol. The lowest BCUT2D eigenvalue weighted by Crippen LogP contribution is -2.10. The quantitative estimate of drug-likeness (QED) is 0.542. The molecule has 0 saturated carbocycles. The van der Waals surface area contributed by atoms with E-state index in [1.54, 1.807) is 0 Å². The highest BCUT2D eigenvalue weighted by Crippen LogP contribution is 2.32. The van der Waals surface area contributed by atoms with E-state index in [-0.39, 0.29) is 5.41 Å². The van der Waals surface area contributed by atoms with Crippen molar-refractivity contribution in [2.45, 2.75) is 31.5 Å². The Bertz CT molecular complexity index is 600. The van der Waals surface area contributed by atoms with E-state index in [2.05, 4.69) is 70.8 Å². The van der Waals surface area contributed by atoms with E-state index < -0.39 is 0 Å². The zero-order chi connectivity index (χ0) is 14.8. The predicted molar refractivity (Wildman–Crippen MR) is 92.0 cm³/mol. The smallest absolute Gasteiger partial charge is 0.132 e. The van der Waals surface area contributed by atoms with Gasteiger partial charge in [0.2, 0.25) is 0 Å². The molecule has 2 aromatic carbocycles. The maximum atomic E-state index is 6.06. The Morgan fingerprint density at radius 3 is 2.45 bits per heavy atom. The summed E-state index contributed by atoms with van der Waals surface area (Å²) in [6, 6.07) is 14.4. The van der Waals surface area contributed by atoms with Crippen LogP contribution in [0.1, 0.15) is 31.9 Å². The number of hydrogen-bond donors (Lipinski definition) is 0. The lowest BCUT2D eigenvalue weighted by atomic mass is 9.87. The van der Waals surface area contributed by atoms with Crippen LogP contribution in [0.15, 0.2) is 46.9 Å². The zero-order valence-corrected chi connectivity index (χ0v) is 15.1. The number of ether oxygens (including phenoxy) is 1. The van der Waals surface area contributed by atoms with Crippen molar-refractivity contribution in [1.82, 2.24) is 0 Å². The number of alkyl halides is 1. The van der Waals surface area contributed by atoms with Crippen LogP contribution in [0.3, 0.4) is 0 Å². The van der Waals surface area contributed by atoms with E-state index in [1.165, 1.54) is 5.56 Å². The lowest BCUT2D eigenvalue weighted by Gasteiger charge is -2.20. The maximum Gasteiger partial charge on any atom is 0.132 e. The van der Waals surface area contributed by atoms with Crippen LogP contribution in [-0.4, -0.2) is 0 Å². The van der Waals surface area contributed by atoms with Gasteiger partial charge in [-0.1, -0.05) is 70.8 Å². The second-order valence-electron chi connectivity index (χ2n) is 5.77. The number of benzene rings is 2. The molecule has 0 amide bonds. The first-order valence-corrected chi connectivity index (χ1v) is 8.44. The molecule has 0 fully saturated rings. The van der Waals surface area contributed by atoms with E-state index in [4.69, 9.17) is 4.74 Å². The SMILES string of the molecule is CC(C)(C)c1cccc(Oc2cc(Br)ccc2CBr)c1. The fourth-order valence-corrected chi connectivity index (χ4v) is 2.69. The molecule has 0 N–H and O–H groups in total. The molecule has 2 rings (SSSR count). The van der Waals surface area contributed by atoms with Gasteiger partial charge in [-0.15, -0.1) is 0 Å². The normalized spacial score (nSPS) is 11.4. The molecule has 106 valence electrons. The van der Waals surface area contributed by atoms with Gasteiger partial charge in [0.1, 0.15) is 11.5 Å². The summed E-state index contributed by atoms with van der Waals surface area (Å²) in [7, 11) is 0. The van der Waals surface area contributed by atoms with Gasteiger partial charge in [-0.2, -0.15) is 0 Å². The predicted octanol–water partition coefficient (Wildman–Crippen LogP) is 6.43. The Morgan fingerprint density at radius 1 is 1.05 bits per heavy atom. The van der Waals surface area contributed by atoms with Crippen molar-refractivity contribution < 1.29 is 4.74 Å². The van der Waals surface area contributed by atoms with Crippen molar-refractivity contribution in [2.24, 2.45) is 0 Å². The molecule has 20 heavy (non-hydrogen) atoms. The van der Waals surface area contributed by atoms with Crippen LogP contribution < -0.4 is 4.74 Å². The summed E-state index contributed by atoms with van der Waals surface area (Å²) in [5.74, 6) is 1.75. The van der Waals surface area contributed by atoms with Crippen LogP contribution in [0.25, 0.3) is 0 Å². The minimum atomic E-state index is 0.120. The third-order valence-corrected chi connectivity index (χ3v) is 4.20. The van der Waals surface area contributed by atoms with Crippen molar-refractivity contribution in [3.05, 3.63) is 58.1 Å². The van der Waals surface area contributed by atoms with E-state index in [0.717, 1.165) is 26.9 Å². The molecule has 0 heterocycles. The molecule has 1 nitrogen and oxygen atoms in total. The summed E-state index contributed by atoms with van der Waals surface area (Å²) < 4.78 is 7.07. The molecule has 0 saturated heterocycles. The largest absolute Gasteiger partial charge is 0.457 e. The first-order chi connectivity index (χ1) is 9.40. The maximum absolute atomic E-state index is 6.06. The highest BCUT2D eigenvalue weighted by molar-refractivity contribution is 9.10. The monoisotopic (exact) mass is 396 g/mol. The molecule has 0 radical (unpaired) electrons. The first-order valence-electron chi connectivity index (χ1n) is 6.53. The second kappa shape index (κ2) is 6.31. The Hall–Kier alpha value is -0.800. The molecule has 0 spiro atoms. The summed E-state index contributed by atoms with van der Waals surface area (Å²) >= 11 is 6.99. The van der Waals surface area contributed by atoms with E-state index in [9.17, 15) is 0 Å². The summed E-state index contributed by atoms with van der Waals surface area (Å²) in [5, 5.41) is 0.772. The fourth-order valence-electron chi connectivity index (χ4n) is 1.89. The van der Waals surface area contributed by atoms with Gasteiger partial charge >= 0.3 is 0 Å². The Kier molecular flexibility index (Phi) is 4.92. The van der Waals surface area contributed by atoms with Crippen LogP contribution >= 0.6 is 31.9 Å². The van der Waals surface area contributed by atoms with Gasteiger partial charge < -0.3 is 4.74 Å². The Balaban J connectivity index is 2.33. The van der Waals surface area contributed by atoms with Crippen LogP contribution in [0, 0.1) is 0 Å². The van der Waals surface area contributed by atoms with E-state index in [0.29, 0.717) is 0 Å². The number of rotatable bonds is 3. The molecule has 0 unspecified atom stereocenters. The van der Waals surface area contributed by atoms with Gasteiger partial charge in [0.15, 0.2) is 0 Å². The van der Waals surface area contributed by atoms with Crippen molar-refractivity contribution >= 4 is 31.9 Å². The van der Waals surface area contributed by atoms with Crippen LogP contribution in [-0.2, 0) is 10.7 Å². The van der Waals surface area contributed by atoms with Gasteiger partial charge in [-0.25, -0.2) is 0 Å². The average molecular weight is 398 g/mol. The van der Waals surface area contributed by atoms with Crippen molar-refractivity contribution in [3.63, 3.8) is 0 Å². The topological polar surface area (TPSA) is 9.23 Å². The van der Waals surface area contributed by atoms with Gasteiger partial charge in [0, 0.05) is 15.4 Å². The van der Waals surface area contributed by atoms with Gasteiger partial charge in [-0.05, 0) is 35.2 Å². The molecule has 0 aliphatic carbocycles. The molecule has 0 aliphatic rings. The fraction of sp³-hybridized carbons (Fsp3) is 0.294. The summed E-state index contributed by atoms with van der Waals surface area (Å²) in [6.45, 7) is 6.61. The number of hydrogen-bond acceptors (Lipinski definition) is 1. The average Bonchev–Trinajstić information content (AvgIpc) is 2.38. The van der Waals surface area contributed by atoms with E-state index >= 15 is 0 Å². The van der Waals surface area contributed by atoms with Crippen molar-refractivity contribution in [2.75, 3.05) is 0 Å².